The summed E-state index contributed by atoms with van der Waals surface area (Å²) in [6.45, 7) is 2.62. The number of aromatic amines is 1. The number of benzene rings is 1. The van der Waals surface area contributed by atoms with Gasteiger partial charge >= 0.3 is 0 Å². The van der Waals surface area contributed by atoms with Crippen molar-refractivity contribution in [1.82, 2.24) is 10.3 Å². The highest BCUT2D eigenvalue weighted by molar-refractivity contribution is 6.34. The number of halogens is 1. The molecule has 1 saturated heterocycles. The van der Waals surface area contributed by atoms with Gasteiger partial charge in [0.15, 0.2) is 0 Å². The lowest BCUT2D eigenvalue weighted by Crippen LogP contribution is -2.33. The highest BCUT2D eigenvalue weighted by atomic mass is 35.5. The third kappa shape index (κ3) is 4.14. The quantitative estimate of drug-likeness (QED) is 0.772. The van der Waals surface area contributed by atoms with Crippen LogP contribution in [0.4, 0.5) is 5.69 Å². The minimum Gasteiger partial charge on any atom is -0.381 e. The molecule has 0 atom stereocenters. The van der Waals surface area contributed by atoms with Crippen LogP contribution in [0, 0.1) is 5.92 Å². The van der Waals surface area contributed by atoms with Crippen molar-refractivity contribution in [3.63, 3.8) is 0 Å². The minimum absolute atomic E-state index is 0.159. The number of hydrogen-bond donors (Lipinski definition) is 3. The molecule has 6 nitrogen and oxygen atoms in total. The number of anilines is 1. The first kappa shape index (κ1) is 17.0. The Bertz CT molecular complexity index is 784. The number of hydrogen-bond acceptors (Lipinski definition) is 4. The normalized spacial score (nSPS) is 15.5. The van der Waals surface area contributed by atoms with Gasteiger partial charge in [-0.05, 0) is 48.9 Å². The van der Waals surface area contributed by atoms with Crippen LogP contribution in [0.2, 0.25) is 5.02 Å². The second kappa shape index (κ2) is 7.79. The Morgan fingerprint density at radius 3 is 2.92 bits per heavy atom. The van der Waals surface area contributed by atoms with E-state index in [4.69, 9.17) is 16.3 Å². The Morgan fingerprint density at radius 2 is 2.12 bits per heavy atom. The van der Waals surface area contributed by atoms with Gasteiger partial charge in [-0.25, -0.2) is 0 Å². The number of aromatic nitrogens is 1. The molecule has 2 heterocycles. The molecule has 24 heavy (non-hydrogen) atoms. The van der Waals surface area contributed by atoms with Gasteiger partial charge < -0.3 is 20.4 Å². The minimum atomic E-state index is -0.203. The standard InChI is InChI=1S/C17H20ClN3O3/c18-14-8-13-12(1-4-20-17(13)23)7-15(14)21-16(22)10-19-9-11-2-5-24-6-3-11/h1,4,7-8,11,19H,2-3,5-6,9-10H2,(H,20,23)(H,21,22). The predicted molar refractivity (Wildman–Crippen MR) is 94.6 cm³/mol. The summed E-state index contributed by atoms with van der Waals surface area (Å²) in [6.07, 6.45) is 3.62. The van der Waals surface area contributed by atoms with Crippen LogP contribution in [-0.4, -0.2) is 37.2 Å². The van der Waals surface area contributed by atoms with Gasteiger partial charge in [-0.3, -0.25) is 9.59 Å². The maximum absolute atomic E-state index is 12.1. The van der Waals surface area contributed by atoms with Gasteiger partial charge in [0.1, 0.15) is 0 Å². The first-order valence-corrected chi connectivity index (χ1v) is 8.40. The molecule has 0 saturated carbocycles. The summed E-state index contributed by atoms with van der Waals surface area (Å²) in [4.78, 5) is 26.4. The van der Waals surface area contributed by atoms with E-state index in [9.17, 15) is 9.59 Å². The van der Waals surface area contributed by atoms with Crippen LogP contribution < -0.4 is 16.2 Å². The zero-order valence-corrected chi connectivity index (χ0v) is 14.0. The molecule has 7 heteroatoms. The molecule has 1 aliphatic rings. The molecular formula is C17H20ClN3O3. The first-order chi connectivity index (χ1) is 11.6. The van der Waals surface area contributed by atoms with Gasteiger partial charge in [0.2, 0.25) is 5.91 Å². The summed E-state index contributed by atoms with van der Waals surface area (Å²) in [7, 11) is 0. The maximum Gasteiger partial charge on any atom is 0.255 e. The monoisotopic (exact) mass is 349 g/mol. The van der Waals surface area contributed by atoms with E-state index >= 15 is 0 Å². The summed E-state index contributed by atoms with van der Waals surface area (Å²) in [6, 6.07) is 5.05. The second-order valence-electron chi connectivity index (χ2n) is 5.96. The Morgan fingerprint density at radius 1 is 1.33 bits per heavy atom. The zero-order chi connectivity index (χ0) is 16.9. The molecule has 0 radical (unpaired) electrons. The number of carbonyl (C=O) groups excluding carboxylic acids is 1. The average Bonchev–Trinajstić information content (AvgIpc) is 2.57. The van der Waals surface area contributed by atoms with Gasteiger partial charge in [0, 0.05) is 24.8 Å². The van der Waals surface area contributed by atoms with Gasteiger partial charge in [-0.2, -0.15) is 0 Å². The third-order valence-corrected chi connectivity index (χ3v) is 4.51. The van der Waals surface area contributed by atoms with E-state index in [0.29, 0.717) is 22.0 Å². The zero-order valence-electron chi connectivity index (χ0n) is 13.2. The Balaban J connectivity index is 1.58. The summed E-state index contributed by atoms with van der Waals surface area (Å²) in [5.41, 5.74) is 0.304. The molecule has 0 aliphatic carbocycles. The lowest BCUT2D eigenvalue weighted by molar-refractivity contribution is -0.115. The van der Waals surface area contributed by atoms with Crippen molar-refractivity contribution >= 4 is 34.0 Å². The molecule has 3 rings (SSSR count). The fraction of sp³-hybridized carbons (Fsp3) is 0.412. The number of H-pyrrole nitrogens is 1. The van der Waals surface area contributed by atoms with Crippen molar-refractivity contribution in [2.45, 2.75) is 12.8 Å². The van der Waals surface area contributed by atoms with Crippen molar-refractivity contribution in [1.29, 1.82) is 0 Å². The molecular weight excluding hydrogens is 330 g/mol. The summed E-state index contributed by atoms with van der Waals surface area (Å²) >= 11 is 6.17. The topological polar surface area (TPSA) is 83.2 Å². The van der Waals surface area contributed by atoms with Crippen LogP contribution in [0.15, 0.2) is 29.2 Å². The molecule has 0 bridgehead atoms. The lowest BCUT2D eigenvalue weighted by Gasteiger charge is -2.22. The van der Waals surface area contributed by atoms with Crippen molar-refractivity contribution in [2.75, 3.05) is 31.6 Å². The smallest absolute Gasteiger partial charge is 0.255 e. The van der Waals surface area contributed by atoms with Crippen molar-refractivity contribution in [3.05, 3.63) is 39.8 Å². The molecule has 0 unspecified atom stereocenters. The molecule has 1 aromatic heterocycles. The average molecular weight is 350 g/mol. The Hall–Kier alpha value is -1.89. The third-order valence-electron chi connectivity index (χ3n) is 4.19. The predicted octanol–water partition coefficient (Wildman–Crippen LogP) is 2.14. The van der Waals surface area contributed by atoms with Crippen molar-refractivity contribution in [3.8, 4) is 0 Å². The van der Waals surface area contributed by atoms with E-state index in [1.165, 1.54) is 0 Å². The van der Waals surface area contributed by atoms with Crippen LogP contribution in [-0.2, 0) is 9.53 Å². The molecule has 0 spiro atoms. The first-order valence-electron chi connectivity index (χ1n) is 8.03. The van der Waals surface area contributed by atoms with Crippen LogP contribution in [0.3, 0.4) is 0 Å². The van der Waals surface area contributed by atoms with Crippen LogP contribution in [0.1, 0.15) is 12.8 Å². The summed E-state index contributed by atoms with van der Waals surface area (Å²) in [5, 5.41) is 7.54. The number of nitrogens with one attached hydrogen (secondary N) is 3. The SMILES string of the molecule is O=C(CNCC1CCOCC1)Nc1cc2cc[nH]c(=O)c2cc1Cl. The molecule has 3 N–H and O–H groups in total. The van der Waals surface area contributed by atoms with Crippen molar-refractivity contribution in [2.24, 2.45) is 5.92 Å². The number of pyridine rings is 1. The largest absolute Gasteiger partial charge is 0.381 e. The summed E-state index contributed by atoms with van der Waals surface area (Å²) < 4.78 is 5.32. The van der Waals surface area contributed by atoms with E-state index in [-0.39, 0.29) is 18.0 Å². The molecule has 128 valence electrons. The highest BCUT2D eigenvalue weighted by Crippen LogP contribution is 2.26. The van der Waals surface area contributed by atoms with E-state index < -0.39 is 0 Å². The number of carbonyl (C=O) groups is 1. The maximum atomic E-state index is 12.1. The van der Waals surface area contributed by atoms with Crippen LogP contribution >= 0.6 is 11.6 Å². The lowest BCUT2D eigenvalue weighted by atomic mass is 10.0. The Kier molecular flexibility index (Phi) is 5.50. The Labute approximate surface area is 144 Å². The van der Waals surface area contributed by atoms with Gasteiger partial charge in [-0.1, -0.05) is 11.6 Å². The van der Waals surface area contributed by atoms with E-state index in [2.05, 4.69) is 15.6 Å². The van der Waals surface area contributed by atoms with Gasteiger partial charge in [-0.15, -0.1) is 0 Å². The molecule has 1 aliphatic heterocycles. The van der Waals surface area contributed by atoms with Crippen LogP contribution in [0.5, 0.6) is 0 Å². The fourth-order valence-corrected chi connectivity index (χ4v) is 3.05. The number of amides is 1. The second-order valence-corrected chi connectivity index (χ2v) is 6.37. The number of fused-ring (bicyclic) bond motifs is 1. The fourth-order valence-electron chi connectivity index (χ4n) is 2.84. The van der Waals surface area contributed by atoms with E-state index in [1.807, 2.05) is 0 Å². The van der Waals surface area contributed by atoms with E-state index in [0.717, 1.165) is 38.0 Å². The van der Waals surface area contributed by atoms with Gasteiger partial charge in [0.05, 0.1) is 17.3 Å². The van der Waals surface area contributed by atoms with Gasteiger partial charge in [0.25, 0.3) is 5.56 Å². The summed E-state index contributed by atoms with van der Waals surface area (Å²) in [5.74, 6) is 0.399. The highest BCUT2D eigenvalue weighted by Gasteiger charge is 2.14. The van der Waals surface area contributed by atoms with Crippen molar-refractivity contribution < 1.29 is 9.53 Å². The molecule has 1 amide bonds. The molecule has 1 fully saturated rings. The number of rotatable bonds is 5. The molecule has 2 aromatic rings. The van der Waals surface area contributed by atoms with E-state index in [1.54, 1.807) is 24.4 Å². The molecule has 1 aromatic carbocycles. The van der Waals surface area contributed by atoms with Crippen LogP contribution in [0.25, 0.3) is 10.8 Å². The number of ether oxygens (including phenoxy) is 1.